The number of hydrogen-bond donors (Lipinski definition) is 3. The summed E-state index contributed by atoms with van der Waals surface area (Å²) in [7, 11) is -1.30. The molecule has 1 atom stereocenters. The molecule has 0 saturated heterocycles. The molecule has 34 heavy (non-hydrogen) atoms. The number of halogens is 3. The monoisotopic (exact) mass is 495 g/mol. The van der Waals surface area contributed by atoms with E-state index in [2.05, 4.69) is 21.0 Å². The van der Waals surface area contributed by atoms with Gasteiger partial charge in [-0.05, 0) is 92.6 Å². The van der Waals surface area contributed by atoms with Gasteiger partial charge < -0.3 is 5.32 Å². The van der Waals surface area contributed by atoms with Gasteiger partial charge in [0.25, 0.3) is 0 Å². The molecule has 4 rings (SSSR count). The van der Waals surface area contributed by atoms with Crippen molar-refractivity contribution in [2.24, 2.45) is 14.8 Å². The highest BCUT2D eigenvalue weighted by Crippen LogP contribution is 2.39. The Hall–Kier alpha value is -2.63. The summed E-state index contributed by atoms with van der Waals surface area (Å²) in [4.78, 5) is 13.6. The SMILES string of the molecule is CN(C)C(c1ccc([SH](N)(=O)/N=N/C(=O)Nc2c3c(cc4c2CCC4)CCC3)cc1)C(F)(F)F. The van der Waals surface area contributed by atoms with Gasteiger partial charge in [0.2, 0.25) is 0 Å². The maximum Gasteiger partial charge on any atom is 0.408 e. The number of urea groups is 1. The van der Waals surface area contributed by atoms with E-state index in [1.807, 2.05) is 0 Å². The predicted octanol–water partition coefficient (Wildman–Crippen LogP) is 4.68. The number of alkyl halides is 3. The van der Waals surface area contributed by atoms with Gasteiger partial charge >= 0.3 is 12.2 Å². The second-order valence-electron chi connectivity index (χ2n) is 8.98. The van der Waals surface area contributed by atoms with Gasteiger partial charge in [0.1, 0.15) is 6.04 Å². The number of thiol groups is 1. The number of amides is 2. The largest absolute Gasteiger partial charge is 0.408 e. The van der Waals surface area contributed by atoms with Crippen LogP contribution in [0, 0.1) is 0 Å². The van der Waals surface area contributed by atoms with Crippen molar-refractivity contribution in [3.63, 3.8) is 0 Å². The van der Waals surface area contributed by atoms with Crippen LogP contribution < -0.4 is 10.5 Å². The lowest BCUT2D eigenvalue weighted by Gasteiger charge is -2.27. The molecule has 0 heterocycles. The molecular formula is C23H28F3N5O2S. The molecule has 0 spiro atoms. The number of fused-ring (bicyclic) bond motifs is 2. The number of anilines is 1. The van der Waals surface area contributed by atoms with Crippen LogP contribution in [0.1, 0.15) is 46.7 Å². The number of aryl methyl sites for hydroxylation is 2. The molecule has 2 aliphatic carbocycles. The number of nitrogens with one attached hydrogen (secondary N) is 1. The van der Waals surface area contributed by atoms with Crippen LogP contribution in [0.25, 0.3) is 0 Å². The third kappa shape index (κ3) is 4.91. The van der Waals surface area contributed by atoms with E-state index in [4.69, 9.17) is 5.14 Å². The van der Waals surface area contributed by atoms with Gasteiger partial charge in [0, 0.05) is 10.6 Å². The Kier molecular flexibility index (Phi) is 6.63. The van der Waals surface area contributed by atoms with Crippen molar-refractivity contribution in [1.82, 2.24) is 4.90 Å². The zero-order valence-corrected chi connectivity index (χ0v) is 19.9. The molecule has 1 unspecified atom stereocenters. The fourth-order valence-electron chi connectivity index (χ4n) is 4.91. The van der Waals surface area contributed by atoms with E-state index >= 15 is 0 Å². The van der Waals surface area contributed by atoms with Crippen molar-refractivity contribution < 1.29 is 22.2 Å². The van der Waals surface area contributed by atoms with Gasteiger partial charge in [0.05, 0.1) is 10.3 Å². The average Bonchev–Trinajstić information content (AvgIpc) is 3.40. The molecule has 2 aromatic carbocycles. The summed E-state index contributed by atoms with van der Waals surface area (Å²) >= 11 is 0. The minimum absolute atomic E-state index is 0.00831. The highest BCUT2D eigenvalue weighted by atomic mass is 32.3. The van der Waals surface area contributed by atoms with E-state index in [9.17, 15) is 22.2 Å². The molecule has 2 amide bonds. The Morgan fingerprint density at radius 1 is 1.06 bits per heavy atom. The minimum atomic E-state index is -4.48. The molecule has 0 radical (unpaired) electrons. The van der Waals surface area contributed by atoms with E-state index in [1.54, 1.807) is 0 Å². The number of nitrogens with two attached hydrogens (primary N) is 1. The van der Waals surface area contributed by atoms with Crippen LogP contribution in [0.4, 0.5) is 23.7 Å². The normalized spacial score (nSPS) is 17.1. The van der Waals surface area contributed by atoms with Gasteiger partial charge in [-0.1, -0.05) is 27.8 Å². The minimum Gasteiger partial charge on any atom is -0.304 e. The fraction of sp³-hybridized carbons (Fsp3) is 0.435. The van der Waals surface area contributed by atoms with Crippen LogP contribution >= 0.6 is 0 Å². The first kappa shape index (κ1) is 24.5. The van der Waals surface area contributed by atoms with Crippen molar-refractivity contribution in [2.45, 2.75) is 55.6 Å². The second kappa shape index (κ2) is 9.20. The average molecular weight is 496 g/mol. The lowest BCUT2D eigenvalue weighted by atomic mass is 9.99. The van der Waals surface area contributed by atoms with E-state index in [1.165, 1.54) is 49.5 Å². The lowest BCUT2D eigenvalue weighted by Crippen LogP contribution is -2.33. The Morgan fingerprint density at radius 3 is 2.12 bits per heavy atom. The number of carbonyl (C=O) groups is 1. The molecule has 11 heteroatoms. The zero-order valence-electron chi connectivity index (χ0n) is 19.0. The van der Waals surface area contributed by atoms with E-state index < -0.39 is 28.6 Å². The summed E-state index contributed by atoms with van der Waals surface area (Å²) in [6.45, 7) is 0. The van der Waals surface area contributed by atoms with Crippen LogP contribution in [-0.2, 0) is 36.0 Å². The van der Waals surface area contributed by atoms with Crippen LogP contribution in [-0.4, -0.2) is 35.4 Å². The van der Waals surface area contributed by atoms with Gasteiger partial charge in [-0.3, -0.25) is 10.0 Å². The maximum atomic E-state index is 13.3. The smallest absolute Gasteiger partial charge is 0.304 e. The van der Waals surface area contributed by atoms with Gasteiger partial charge in [-0.2, -0.15) is 13.2 Å². The maximum absolute atomic E-state index is 13.3. The second-order valence-corrected chi connectivity index (χ2v) is 10.9. The Labute approximate surface area is 197 Å². The van der Waals surface area contributed by atoms with Crippen molar-refractivity contribution >= 4 is 22.0 Å². The highest BCUT2D eigenvalue weighted by molar-refractivity contribution is 7.99. The van der Waals surface area contributed by atoms with Crippen molar-refractivity contribution in [3.05, 3.63) is 58.1 Å². The van der Waals surface area contributed by atoms with E-state index in [0.717, 1.165) is 60.2 Å². The van der Waals surface area contributed by atoms with E-state index in [0.29, 0.717) is 0 Å². The quantitative estimate of drug-likeness (QED) is 0.415. The first-order valence-electron chi connectivity index (χ1n) is 11.1. The zero-order chi connectivity index (χ0) is 24.7. The summed E-state index contributed by atoms with van der Waals surface area (Å²) in [5, 5.41) is 12.2. The summed E-state index contributed by atoms with van der Waals surface area (Å²) in [6, 6.07) is 4.51. The topological polar surface area (TPSA) is 100 Å². The number of benzene rings is 2. The molecule has 0 aromatic heterocycles. The third-order valence-electron chi connectivity index (χ3n) is 6.38. The Bertz CT molecular complexity index is 1150. The lowest BCUT2D eigenvalue weighted by molar-refractivity contribution is -0.179. The molecule has 2 aromatic rings. The molecule has 3 N–H and O–H groups in total. The molecule has 0 fully saturated rings. The first-order chi connectivity index (χ1) is 16.0. The van der Waals surface area contributed by atoms with Crippen molar-refractivity contribution in [3.8, 4) is 0 Å². The van der Waals surface area contributed by atoms with Gasteiger partial charge in [-0.15, -0.1) is 0 Å². The first-order valence-corrected chi connectivity index (χ1v) is 12.8. The number of nitrogens with zero attached hydrogens (tertiary/aromatic N) is 3. The summed E-state index contributed by atoms with van der Waals surface area (Å²) in [5.74, 6) is 0. The molecule has 184 valence electrons. The van der Waals surface area contributed by atoms with Crippen LogP contribution in [0.5, 0.6) is 0 Å². The summed E-state index contributed by atoms with van der Waals surface area (Å²) < 4.78 is 56.5. The number of rotatable bonds is 5. The van der Waals surface area contributed by atoms with Gasteiger partial charge in [0.15, 0.2) is 0 Å². The van der Waals surface area contributed by atoms with Gasteiger partial charge in [-0.25, -0.2) is 9.00 Å². The summed E-state index contributed by atoms with van der Waals surface area (Å²) in [6.07, 6.45) is 1.28. The van der Waals surface area contributed by atoms with Crippen molar-refractivity contribution in [1.29, 1.82) is 0 Å². The van der Waals surface area contributed by atoms with E-state index in [-0.39, 0.29) is 10.5 Å². The standard InChI is InChI=1S/C23H28F3N5O2S/c1-31(2)21(23(24,25)26)14-9-11-17(12-10-14)34(27,33)30-29-22(32)28-20-18-7-3-5-15(18)13-16-6-4-8-19(16)20/h9-13,21,34H,3-8H2,1-2H3,(H2,27,33)(H,28,32)/b30-29+. The molecule has 0 aliphatic heterocycles. The predicted molar refractivity (Wildman–Crippen MR) is 125 cm³/mol. The number of carbonyl (C=O) groups excluding carboxylic acids is 1. The molecule has 7 nitrogen and oxygen atoms in total. The Balaban J connectivity index is 1.51. The molecule has 2 aliphatic rings. The fourth-order valence-corrected chi connectivity index (χ4v) is 5.80. The van der Waals surface area contributed by atoms with Crippen LogP contribution in [0.3, 0.4) is 0 Å². The molecule has 0 saturated carbocycles. The molecular weight excluding hydrogens is 467 g/mol. The summed E-state index contributed by atoms with van der Waals surface area (Å²) in [5.41, 5.74) is 5.48. The van der Waals surface area contributed by atoms with Crippen LogP contribution in [0.15, 0.2) is 44.9 Å². The van der Waals surface area contributed by atoms with Crippen LogP contribution in [0.2, 0.25) is 0 Å². The Morgan fingerprint density at radius 2 is 1.62 bits per heavy atom. The molecule has 0 bridgehead atoms. The third-order valence-corrected chi connectivity index (χ3v) is 7.77. The van der Waals surface area contributed by atoms with Crippen molar-refractivity contribution in [2.75, 3.05) is 19.4 Å². The number of hydrogen-bond acceptors (Lipinski definition) is 3. The highest BCUT2D eigenvalue weighted by Gasteiger charge is 2.42.